The average molecular weight is 363 g/mol. The first kappa shape index (κ1) is 19.0. The highest BCUT2D eigenvalue weighted by atomic mass is 32.2. The Bertz CT molecular complexity index is 816. The van der Waals surface area contributed by atoms with Gasteiger partial charge in [-0.25, -0.2) is 17.9 Å². The fourth-order valence-electron chi connectivity index (χ4n) is 2.26. The topological polar surface area (TPSA) is 81.7 Å². The number of rotatable bonds is 8. The minimum atomic E-state index is -3.52. The summed E-state index contributed by atoms with van der Waals surface area (Å²) >= 11 is 0. The lowest BCUT2D eigenvalue weighted by Crippen LogP contribution is -2.25. The van der Waals surface area contributed by atoms with Crippen LogP contribution in [-0.2, 0) is 27.1 Å². The fourth-order valence-corrected chi connectivity index (χ4v) is 3.37. The van der Waals surface area contributed by atoms with Crippen molar-refractivity contribution in [2.24, 2.45) is 0 Å². The van der Waals surface area contributed by atoms with Crippen LogP contribution in [0.1, 0.15) is 28.4 Å². The molecule has 0 spiro atoms. The zero-order chi connectivity index (χ0) is 18.3. The number of hydrogen-bond acceptors (Lipinski definition) is 5. The Morgan fingerprint density at radius 2 is 1.76 bits per heavy atom. The monoisotopic (exact) mass is 363 g/mol. The van der Waals surface area contributed by atoms with Crippen molar-refractivity contribution in [2.45, 2.75) is 19.2 Å². The maximum Gasteiger partial charge on any atom is 0.337 e. The van der Waals surface area contributed by atoms with E-state index < -0.39 is 16.0 Å². The first-order valence-electron chi connectivity index (χ1n) is 7.80. The van der Waals surface area contributed by atoms with E-state index in [4.69, 9.17) is 4.74 Å². The highest BCUT2D eigenvalue weighted by molar-refractivity contribution is 7.88. The summed E-state index contributed by atoms with van der Waals surface area (Å²) in [5.41, 5.74) is 1.73. The van der Waals surface area contributed by atoms with Crippen LogP contribution in [0.3, 0.4) is 0 Å². The summed E-state index contributed by atoms with van der Waals surface area (Å²) in [6.07, 6.45) is 0. The van der Waals surface area contributed by atoms with E-state index in [1.54, 1.807) is 30.3 Å². The fraction of sp³-hybridized carbons (Fsp3) is 0.278. The summed E-state index contributed by atoms with van der Waals surface area (Å²) in [5.74, 6) is 0.0285. The summed E-state index contributed by atoms with van der Waals surface area (Å²) in [7, 11) is -2.23. The Morgan fingerprint density at radius 3 is 2.40 bits per heavy atom. The van der Waals surface area contributed by atoms with Crippen molar-refractivity contribution >= 4 is 16.0 Å². The maximum absolute atomic E-state index is 12.3. The highest BCUT2D eigenvalue weighted by Crippen LogP contribution is 2.18. The van der Waals surface area contributed by atoms with Crippen LogP contribution < -0.4 is 9.46 Å². The smallest absolute Gasteiger partial charge is 0.337 e. The van der Waals surface area contributed by atoms with E-state index in [-0.39, 0.29) is 12.3 Å². The number of para-hydroxylation sites is 1. The predicted octanol–water partition coefficient (Wildman–Crippen LogP) is 2.49. The van der Waals surface area contributed by atoms with Gasteiger partial charge in [-0.3, -0.25) is 0 Å². The van der Waals surface area contributed by atoms with E-state index in [1.807, 2.05) is 25.1 Å². The Balaban J connectivity index is 2.01. The van der Waals surface area contributed by atoms with Gasteiger partial charge >= 0.3 is 5.97 Å². The molecule has 1 N–H and O–H groups in total. The van der Waals surface area contributed by atoms with Crippen molar-refractivity contribution in [2.75, 3.05) is 13.7 Å². The maximum atomic E-state index is 12.3. The van der Waals surface area contributed by atoms with Gasteiger partial charge in [-0.05, 0) is 30.7 Å². The molecule has 2 rings (SSSR count). The van der Waals surface area contributed by atoms with E-state index >= 15 is 0 Å². The lowest BCUT2D eigenvalue weighted by atomic mass is 10.1. The van der Waals surface area contributed by atoms with Crippen molar-refractivity contribution in [1.29, 1.82) is 0 Å². The van der Waals surface area contributed by atoms with Crippen molar-refractivity contribution in [1.82, 2.24) is 4.72 Å². The lowest BCUT2D eigenvalue weighted by Gasteiger charge is -2.11. The number of hydrogen-bond donors (Lipinski definition) is 1. The standard InChI is InChI=1S/C18H21NO5S/c1-3-24-17-7-5-4-6-16(17)12-19-25(21,22)13-14-8-10-15(11-9-14)18(20)23-2/h4-11,19H,3,12-13H2,1-2H3. The third-order valence-electron chi connectivity index (χ3n) is 3.49. The van der Waals surface area contributed by atoms with E-state index in [2.05, 4.69) is 9.46 Å². The molecule has 2 aromatic rings. The summed E-state index contributed by atoms with van der Waals surface area (Å²) < 4.78 is 37.2. The Hall–Kier alpha value is -2.38. The van der Waals surface area contributed by atoms with Gasteiger partial charge in [-0.2, -0.15) is 0 Å². The van der Waals surface area contributed by atoms with Gasteiger partial charge in [-0.1, -0.05) is 30.3 Å². The number of ether oxygens (including phenoxy) is 2. The Kier molecular flexibility index (Phi) is 6.55. The zero-order valence-electron chi connectivity index (χ0n) is 14.2. The third-order valence-corrected chi connectivity index (χ3v) is 4.78. The summed E-state index contributed by atoms with van der Waals surface area (Å²) in [5, 5.41) is 0. The van der Waals surface area contributed by atoms with Crippen LogP contribution in [0.25, 0.3) is 0 Å². The van der Waals surface area contributed by atoms with Gasteiger partial charge in [0.2, 0.25) is 10.0 Å². The summed E-state index contributed by atoms with van der Waals surface area (Å²) in [6, 6.07) is 13.6. The highest BCUT2D eigenvalue weighted by Gasteiger charge is 2.14. The second kappa shape index (κ2) is 8.64. The van der Waals surface area contributed by atoms with E-state index in [1.165, 1.54) is 7.11 Å². The SMILES string of the molecule is CCOc1ccccc1CNS(=O)(=O)Cc1ccc(C(=O)OC)cc1. The molecular weight excluding hydrogens is 342 g/mol. The first-order chi connectivity index (χ1) is 11.9. The van der Waals surface area contributed by atoms with Crippen LogP contribution in [0.5, 0.6) is 5.75 Å². The minimum Gasteiger partial charge on any atom is -0.494 e. The van der Waals surface area contributed by atoms with Crippen LogP contribution in [0.15, 0.2) is 48.5 Å². The first-order valence-corrected chi connectivity index (χ1v) is 9.45. The van der Waals surface area contributed by atoms with Gasteiger partial charge in [0.15, 0.2) is 0 Å². The van der Waals surface area contributed by atoms with Crippen molar-refractivity contribution in [3.05, 3.63) is 65.2 Å². The molecule has 0 unspecified atom stereocenters. The molecule has 0 atom stereocenters. The zero-order valence-corrected chi connectivity index (χ0v) is 15.0. The quantitative estimate of drug-likeness (QED) is 0.729. The molecule has 0 fully saturated rings. The van der Waals surface area contributed by atoms with Crippen LogP contribution in [0.2, 0.25) is 0 Å². The van der Waals surface area contributed by atoms with Gasteiger partial charge in [0.1, 0.15) is 5.75 Å². The molecule has 0 aliphatic carbocycles. The number of carbonyl (C=O) groups is 1. The molecule has 0 aliphatic rings. The normalized spacial score (nSPS) is 11.1. The molecule has 2 aromatic carbocycles. The molecule has 134 valence electrons. The van der Waals surface area contributed by atoms with Crippen molar-refractivity contribution < 1.29 is 22.7 Å². The minimum absolute atomic E-state index is 0.152. The van der Waals surface area contributed by atoms with Crippen LogP contribution in [0.4, 0.5) is 0 Å². The lowest BCUT2D eigenvalue weighted by molar-refractivity contribution is 0.0600. The van der Waals surface area contributed by atoms with E-state index in [0.29, 0.717) is 23.5 Å². The molecule has 6 nitrogen and oxygen atoms in total. The number of sulfonamides is 1. The molecule has 0 aromatic heterocycles. The van der Waals surface area contributed by atoms with Gasteiger partial charge in [0.25, 0.3) is 0 Å². The van der Waals surface area contributed by atoms with Gasteiger partial charge in [0.05, 0.1) is 25.0 Å². The Morgan fingerprint density at radius 1 is 1.08 bits per heavy atom. The van der Waals surface area contributed by atoms with Crippen LogP contribution >= 0.6 is 0 Å². The van der Waals surface area contributed by atoms with Crippen LogP contribution in [0, 0.1) is 0 Å². The second-order valence-corrected chi connectivity index (χ2v) is 7.12. The molecule has 0 heterocycles. The van der Waals surface area contributed by atoms with Crippen molar-refractivity contribution in [3.63, 3.8) is 0 Å². The number of methoxy groups -OCH3 is 1. The van der Waals surface area contributed by atoms with Crippen LogP contribution in [-0.4, -0.2) is 28.1 Å². The van der Waals surface area contributed by atoms with Gasteiger partial charge < -0.3 is 9.47 Å². The molecule has 0 radical (unpaired) electrons. The summed E-state index contributed by atoms with van der Waals surface area (Å²) in [6.45, 7) is 2.54. The second-order valence-electron chi connectivity index (χ2n) is 5.31. The summed E-state index contributed by atoms with van der Waals surface area (Å²) in [4.78, 5) is 11.4. The van der Waals surface area contributed by atoms with E-state index in [9.17, 15) is 13.2 Å². The molecule has 0 amide bonds. The molecule has 0 saturated carbocycles. The predicted molar refractivity (Wildman–Crippen MR) is 94.9 cm³/mol. The number of nitrogens with one attached hydrogen (secondary N) is 1. The molecule has 0 saturated heterocycles. The molecular formula is C18H21NO5S. The number of carbonyl (C=O) groups excluding carboxylic acids is 1. The molecule has 25 heavy (non-hydrogen) atoms. The molecule has 0 aliphatic heterocycles. The largest absolute Gasteiger partial charge is 0.494 e. The van der Waals surface area contributed by atoms with Gasteiger partial charge in [-0.15, -0.1) is 0 Å². The third kappa shape index (κ3) is 5.58. The number of esters is 1. The molecule has 0 bridgehead atoms. The van der Waals surface area contributed by atoms with E-state index in [0.717, 1.165) is 5.56 Å². The van der Waals surface area contributed by atoms with Gasteiger partial charge in [0, 0.05) is 12.1 Å². The average Bonchev–Trinajstić information content (AvgIpc) is 2.61. The number of benzene rings is 2. The molecule has 7 heteroatoms. The van der Waals surface area contributed by atoms with Crippen molar-refractivity contribution in [3.8, 4) is 5.75 Å². The Labute approximate surface area is 147 Å².